The molecule has 0 spiro atoms. The summed E-state index contributed by atoms with van der Waals surface area (Å²) in [5, 5.41) is 21.2. The molecular weight excluding hydrogens is 260 g/mol. The van der Waals surface area contributed by atoms with Gasteiger partial charge in [-0.25, -0.2) is 0 Å². The molecule has 1 rings (SSSR count). The molecule has 0 saturated heterocycles. The van der Waals surface area contributed by atoms with E-state index in [-0.39, 0.29) is 0 Å². The number of hydrogen-bond acceptors (Lipinski definition) is 4. The number of aliphatic hydroxyl groups excluding tert-OH is 1. The van der Waals surface area contributed by atoms with Crippen LogP contribution in [0, 0.1) is 15.9 Å². The lowest BCUT2D eigenvalue weighted by molar-refractivity contribution is -0.386. The maximum atomic E-state index is 13.1. The van der Waals surface area contributed by atoms with Crippen LogP contribution in [-0.4, -0.2) is 28.9 Å². The lowest BCUT2D eigenvalue weighted by Gasteiger charge is -2.15. The van der Waals surface area contributed by atoms with Crippen molar-refractivity contribution in [3.05, 3.63) is 34.1 Å². The SMILES string of the molecule is O=[N+]([O-])c1c(F)cccc1NCC(O)C(F)(F)F. The van der Waals surface area contributed by atoms with Crippen LogP contribution in [0.4, 0.5) is 28.9 Å². The second-order valence-corrected chi connectivity index (χ2v) is 3.33. The molecule has 100 valence electrons. The van der Waals surface area contributed by atoms with Crippen LogP contribution in [0.1, 0.15) is 0 Å². The number of nitrogens with one attached hydrogen (secondary N) is 1. The lowest BCUT2D eigenvalue weighted by Crippen LogP contribution is -2.35. The van der Waals surface area contributed by atoms with Crippen molar-refractivity contribution < 1.29 is 27.6 Å². The van der Waals surface area contributed by atoms with Crippen molar-refractivity contribution in [2.45, 2.75) is 12.3 Å². The van der Waals surface area contributed by atoms with Crippen molar-refractivity contribution in [3.63, 3.8) is 0 Å². The van der Waals surface area contributed by atoms with Crippen LogP contribution in [0.3, 0.4) is 0 Å². The molecule has 0 radical (unpaired) electrons. The van der Waals surface area contributed by atoms with E-state index in [9.17, 15) is 27.7 Å². The van der Waals surface area contributed by atoms with Gasteiger partial charge in [-0.1, -0.05) is 6.07 Å². The van der Waals surface area contributed by atoms with Gasteiger partial charge in [-0.15, -0.1) is 0 Å². The van der Waals surface area contributed by atoms with E-state index in [0.29, 0.717) is 0 Å². The molecule has 1 aromatic carbocycles. The predicted molar refractivity (Wildman–Crippen MR) is 53.6 cm³/mol. The van der Waals surface area contributed by atoms with Crippen molar-refractivity contribution in [1.82, 2.24) is 0 Å². The second-order valence-electron chi connectivity index (χ2n) is 3.33. The summed E-state index contributed by atoms with van der Waals surface area (Å²) in [6, 6.07) is 2.96. The average Bonchev–Trinajstić information content (AvgIpc) is 2.23. The van der Waals surface area contributed by atoms with Crippen LogP contribution in [0.25, 0.3) is 0 Å². The van der Waals surface area contributed by atoms with E-state index in [4.69, 9.17) is 5.11 Å². The van der Waals surface area contributed by atoms with Gasteiger partial charge in [0.05, 0.1) is 4.92 Å². The van der Waals surface area contributed by atoms with Crippen LogP contribution >= 0.6 is 0 Å². The van der Waals surface area contributed by atoms with Crippen LogP contribution in [0.2, 0.25) is 0 Å². The predicted octanol–water partition coefficient (Wildman–Crippen LogP) is 2.07. The van der Waals surface area contributed by atoms with Crippen molar-refractivity contribution in [3.8, 4) is 0 Å². The summed E-state index contributed by atoms with van der Waals surface area (Å²) >= 11 is 0. The molecule has 0 saturated carbocycles. The van der Waals surface area contributed by atoms with Gasteiger partial charge in [0.1, 0.15) is 5.69 Å². The maximum absolute atomic E-state index is 13.1. The molecule has 9 heteroatoms. The molecule has 0 fully saturated rings. The lowest BCUT2D eigenvalue weighted by atomic mass is 10.2. The molecule has 18 heavy (non-hydrogen) atoms. The summed E-state index contributed by atoms with van der Waals surface area (Å²) in [6.07, 6.45) is -7.55. The topological polar surface area (TPSA) is 75.4 Å². The highest BCUT2D eigenvalue weighted by atomic mass is 19.4. The Morgan fingerprint density at radius 1 is 1.44 bits per heavy atom. The van der Waals surface area contributed by atoms with E-state index in [2.05, 4.69) is 0 Å². The van der Waals surface area contributed by atoms with Crippen LogP contribution in [0.15, 0.2) is 18.2 Å². The highest BCUT2D eigenvalue weighted by Gasteiger charge is 2.38. The quantitative estimate of drug-likeness (QED) is 0.498. The number of hydrogen-bond donors (Lipinski definition) is 2. The molecule has 1 aromatic rings. The van der Waals surface area contributed by atoms with E-state index < -0.39 is 40.9 Å². The summed E-state index contributed by atoms with van der Waals surface area (Å²) in [7, 11) is 0. The number of nitro groups is 1. The highest BCUT2D eigenvalue weighted by molar-refractivity contribution is 5.61. The van der Waals surface area contributed by atoms with E-state index in [1.54, 1.807) is 0 Å². The molecule has 1 unspecified atom stereocenters. The molecule has 0 heterocycles. The standard InChI is InChI=1S/C9H8F4N2O3/c10-5-2-1-3-6(8(5)15(17)18)14-4-7(16)9(11,12)13/h1-3,7,14,16H,4H2. The zero-order valence-electron chi connectivity index (χ0n) is 8.74. The molecule has 0 aliphatic rings. The number of para-hydroxylation sites is 1. The number of nitro benzene ring substituents is 1. The normalized spacial score (nSPS) is 13.2. The monoisotopic (exact) mass is 268 g/mol. The van der Waals surface area contributed by atoms with Gasteiger partial charge in [0, 0.05) is 6.54 Å². The molecule has 5 nitrogen and oxygen atoms in total. The van der Waals surface area contributed by atoms with Crippen LogP contribution < -0.4 is 5.32 Å². The van der Waals surface area contributed by atoms with Gasteiger partial charge >= 0.3 is 11.9 Å². The first-order valence-electron chi connectivity index (χ1n) is 4.65. The van der Waals surface area contributed by atoms with Gasteiger partial charge < -0.3 is 10.4 Å². The zero-order valence-corrected chi connectivity index (χ0v) is 8.74. The van der Waals surface area contributed by atoms with Crippen LogP contribution in [-0.2, 0) is 0 Å². The number of benzene rings is 1. The fourth-order valence-electron chi connectivity index (χ4n) is 1.17. The molecule has 1 atom stereocenters. The summed E-state index contributed by atoms with van der Waals surface area (Å²) in [5.41, 5.74) is -1.39. The largest absolute Gasteiger partial charge is 0.416 e. The highest BCUT2D eigenvalue weighted by Crippen LogP contribution is 2.28. The first kappa shape index (κ1) is 14.2. The third-order valence-corrected chi connectivity index (χ3v) is 2.03. The number of halogens is 4. The molecule has 0 aromatic heterocycles. The summed E-state index contributed by atoms with van der Waals surface area (Å²) in [5.74, 6) is -1.17. The molecule has 0 amide bonds. The van der Waals surface area contributed by atoms with Crippen molar-refractivity contribution in [2.24, 2.45) is 0 Å². The van der Waals surface area contributed by atoms with Gasteiger partial charge in [-0.05, 0) is 12.1 Å². The molecule has 0 bridgehead atoms. The van der Waals surface area contributed by atoms with Crippen molar-refractivity contribution in [1.29, 1.82) is 0 Å². The summed E-state index contributed by atoms with van der Waals surface area (Å²) < 4.78 is 49.1. The Bertz CT molecular complexity index is 450. The van der Waals surface area contributed by atoms with Gasteiger partial charge in [-0.3, -0.25) is 10.1 Å². The number of alkyl halides is 3. The zero-order chi connectivity index (χ0) is 13.9. The van der Waals surface area contributed by atoms with Gasteiger partial charge in [0.25, 0.3) is 0 Å². The molecular formula is C9H8F4N2O3. The van der Waals surface area contributed by atoms with E-state index in [1.165, 1.54) is 0 Å². The van der Waals surface area contributed by atoms with E-state index in [1.807, 2.05) is 5.32 Å². The number of nitrogens with zero attached hydrogens (tertiary/aromatic N) is 1. The smallest absolute Gasteiger partial charge is 0.382 e. The Morgan fingerprint density at radius 2 is 2.06 bits per heavy atom. The van der Waals surface area contributed by atoms with E-state index >= 15 is 0 Å². The third kappa shape index (κ3) is 3.29. The Kier molecular flexibility index (Phi) is 4.07. The minimum Gasteiger partial charge on any atom is -0.382 e. The van der Waals surface area contributed by atoms with Crippen LogP contribution in [0.5, 0.6) is 0 Å². The number of aliphatic hydroxyl groups is 1. The Labute approximate surface area is 98.2 Å². The summed E-state index contributed by atoms with van der Waals surface area (Å²) in [6.45, 7) is -1.01. The average molecular weight is 268 g/mol. The van der Waals surface area contributed by atoms with Gasteiger partial charge in [-0.2, -0.15) is 17.6 Å². The maximum Gasteiger partial charge on any atom is 0.416 e. The minimum absolute atomic E-state index is 0.428. The molecule has 0 aliphatic heterocycles. The summed E-state index contributed by atoms with van der Waals surface area (Å²) in [4.78, 5) is 9.47. The Morgan fingerprint density at radius 3 is 2.56 bits per heavy atom. The first-order valence-corrected chi connectivity index (χ1v) is 4.65. The molecule has 2 N–H and O–H groups in total. The number of anilines is 1. The fourth-order valence-corrected chi connectivity index (χ4v) is 1.17. The van der Waals surface area contributed by atoms with Crippen molar-refractivity contribution in [2.75, 3.05) is 11.9 Å². The van der Waals surface area contributed by atoms with Crippen molar-refractivity contribution >= 4 is 11.4 Å². The minimum atomic E-state index is -4.85. The van der Waals surface area contributed by atoms with Gasteiger partial charge in [0.2, 0.25) is 5.82 Å². The fraction of sp³-hybridized carbons (Fsp3) is 0.333. The molecule has 0 aliphatic carbocycles. The Hall–Kier alpha value is -1.90. The second kappa shape index (κ2) is 5.17. The van der Waals surface area contributed by atoms with Gasteiger partial charge in [0.15, 0.2) is 6.10 Å². The van der Waals surface area contributed by atoms with E-state index in [0.717, 1.165) is 18.2 Å². The third-order valence-electron chi connectivity index (χ3n) is 2.03. The first-order chi connectivity index (χ1) is 8.23. The number of rotatable bonds is 4. The Balaban J connectivity index is 2.86.